The molecule has 124 heavy (non-hydrogen) atoms. The van der Waals surface area contributed by atoms with E-state index in [0.29, 0.717) is 35.4 Å². The Kier molecular flexibility index (Phi) is 21.0. The molecule has 13 aromatic carbocycles. The maximum atomic E-state index is 5.82. The number of hydrogen-bond acceptors (Lipinski definition) is 8. The van der Waals surface area contributed by atoms with Crippen molar-refractivity contribution in [1.29, 1.82) is 0 Å². The molecule has 16 heteroatoms. The summed E-state index contributed by atoms with van der Waals surface area (Å²) < 4.78 is 41.7. The highest BCUT2D eigenvalue weighted by Gasteiger charge is 2.36. The highest BCUT2D eigenvalue weighted by molar-refractivity contribution is 5.91. The topological polar surface area (TPSA) is 139 Å². The van der Waals surface area contributed by atoms with Gasteiger partial charge in [-0.25, -0.2) is 38.2 Å². The van der Waals surface area contributed by atoms with E-state index in [1.807, 2.05) is 33.8 Å². The summed E-state index contributed by atoms with van der Waals surface area (Å²) >= 11 is 0. The van der Waals surface area contributed by atoms with E-state index in [1.165, 1.54) is 83.2 Å². The monoisotopic (exact) mass is 1630 g/mol. The number of fused-ring (bicyclic) bond motifs is 8. The zero-order valence-corrected chi connectivity index (χ0v) is 74.1. The molecule has 0 saturated carbocycles. The van der Waals surface area contributed by atoms with Gasteiger partial charge in [0, 0.05) is 44.4 Å². The largest absolute Gasteiger partial charge is 0.441 e. The maximum Gasteiger partial charge on any atom is 0.295 e. The third-order valence-electron chi connectivity index (χ3n) is 24.2. The van der Waals surface area contributed by atoms with E-state index in [1.54, 1.807) is 0 Å². The van der Waals surface area contributed by atoms with Gasteiger partial charge in [0.25, 0.3) is 23.3 Å². The van der Waals surface area contributed by atoms with Gasteiger partial charge in [-0.3, -0.25) is 0 Å². The van der Waals surface area contributed by atoms with E-state index in [2.05, 4.69) is 428 Å². The minimum atomic E-state index is 0.122. The van der Waals surface area contributed by atoms with Crippen LogP contribution in [0.2, 0.25) is 0 Å². The molecule has 8 heterocycles. The number of benzene rings is 13. The molecule has 0 fully saturated rings. The van der Waals surface area contributed by atoms with Crippen LogP contribution in [0.3, 0.4) is 0 Å². The lowest BCUT2D eigenvalue weighted by Crippen LogP contribution is -2.30. The number of aromatic nitrogens is 12. The number of hydrogen-bond donors (Lipinski definition) is 0. The second-order valence-corrected chi connectivity index (χ2v) is 34.4. The second-order valence-electron chi connectivity index (χ2n) is 34.4. The molecular formula is C108H104N12O4+4. The summed E-state index contributed by atoms with van der Waals surface area (Å²) in [5.74, 6) is 8.08. The molecular weight excluding hydrogens is 1530 g/mol. The Morgan fingerprint density at radius 2 is 0.589 bits per heavy atom. The fraction of sp³-hybridized carbons (Fsp3) is 0.204. The van der Waals surface area contributed by atoms with Gasteiger partial charge in [0.1, 0.15) is 44.8 Å². The van der Waals surface area contributed by atoms with Crippen LogP contribution in [0.15, 0.2) is 291 Å². The van der Waals surface area contributed by atoms with Crippen LogP contribution in [0.1, 0.15) is 123 Å². The summed E-state index contributed by atoms with van der Waals surface area (Å²) in [6.45, 7) is 32.0. The fourth-order valence-corrected chi connectivity index (χ4v) is 18.2. The fourth-order valence-electron chi connectivity index (χ4n) is 18.2. The Hall–Kier alpha value is -14.4. The smallest absolute Gasteiger partial charge is 0.295 e. The number of oxazole rings is 4. The highest BCUT2D eigenvalue weighted by Crippen LogP contribution is 2.42. The minimum absolute atomic E-state index is 0.122. The molecule has 16 nitrogen and oxygen atoms in total. The Labute approximate surface area is 722 Å². The molecule has 0 radical (unpaired) electrons. The average molecular weight is 1630 g/mol. The number of imidazole rings is 4. The van der Waals surface area contributed by atoms with Gasteiger partial charge in [-0.2, -0.15) is 18.3 Å². The molecule has 0 aliphatic heterocycles. The van der Waals surface area contributed by atoms with Crippen molar-refractivity contribution in [3.8, 4) is 79.4 Å². The second kappa shape index (κ2) is 32.2. The molecule has 0 N–H and O–H groups in total. The van der Waals surface area contributed by atoms with E-state index < -0.39 is 0 Å². The SMILES string of the molecule is Cc1nc2cc(-c3n(-c4c(C(C)C)cccc4C(C)C)c4ccccc4[n+]3C)c(C)cc2o1.Cc1nc2cc(-c3n(-c4ccc(C(C)(C)C)cc4)c4ccccc4[n+]3C)c(C)cc2o1.Cc1nc2cc(-c3n(-c4ccccc4)c4ccccc4[n+]3C)c(C)cc2o1.Cc1nc2cc(-c3n(-c4ccccc4-c4ccccc4)c4ccccc4[n+]3C)c(C)cc2o1. The standard InChI is InChI=1S/C29H24N3O.C29H32N3O.C27H28N3O.C23H20N3O/c1-19-17-28-24(30-20(2)33-28)18-23(19)29-31(3)26-15-9-10-16-27(26)32(29)25-14-8-7-13-22(25)21-11-5-4-6-12-21;1-17(2)21-11-10-12-22(18(3)4)28(21)32-26-14-9-8-13-25(26)31(7)29(32)23-16-24-27(15-19(23)5)33-20(6)30-24;1-17-15-25-22(28-18(2)31-25)16-21(17)26-29(6)23-9-7-8-10-24(23)30(26)20-13-11-19(12-14-20)27(3,4)5;1-15-13-22-19(24-16(2)27-22)14-18(15)23-25(3)20-11-7-8-12-21(20)26(23)17-9-5-4-6-10-17/h4-18H,1-3H3;8-18H,1-7H3;7-16H,1-6H3;4-14H,1-3H3/q4*+1. The van der Waals surface area contributed by atoms with Gasteiger partial charge >= 0.3 is 0 Å². The molecule has 21 aromatic rings. The summed E-state index contributed by atoms with van der Waals surface area (Å²) in [6.07, 6.45) is 0. The highest BCUT2D eigenvalue weighted by atomic mass is 16.4. The number of rotatable bonds is 11. The summed E-state index contributed by atoms with van der Waals surface area (Å²) in [5, 5.41) is 0. The predicted molar refractivity (Wildman–Crippen MR) is 500 cm³/mol. The first kappa shape index (κ1) is 80.7. The van der Waals surface area contributed by atoms with Crippen molar-refractivity contribution in [2.24, 2.45) is 28.2 Å². The van der Waals surface area contributed by atoms with E-state index >= 15 is 0 Å². The summed E-state index contributed by atoms with van der Waals surface area (Å²) in [7, 11) is 8.56. The van der Waals surface area contributed by atoms with Crippen LogP contribution >= 0.6 is 0 Å². The molecule has 616 valence electrons. The molecule has 8 aromatic heterocycles. The normalized spacial score (nSPS) is 11.8. The quantitative estimate of drug-likeness (QED) is 0.117. The van der Waals surface area contributed by atoms with E-state index in [0.717, 1.165) is 124 Å². The van der Waals surface area contributed by atoms with Crippen molar-refractivity contribution in [1.82, 2.24) is 38.2 Å². The first-order valence-electron chi connectivity index (χ1n) is 42.7. The zero-order valence-electron chi connectivity index (χ0n) is 74.1. The van der Waals surface area contributed by atoms with Gasteiger partial charge < -0.3 is 17.7 Å². The molecule has 0 aliphatic carbocycles. The van der Waals surface area contributed by atoms with Crippen LogP contribution in [0, 0.1) is 55.4 Å². The van der Waals surface area contributed by atoms with Gasteiger partial charge in [0.05, 0.1) is 50.4 Å². The first-order chi connectivity index (χ1) is 59.8. The van der Waals surface area contributed by atoms with Crippen LogP contribution in [0.5, 0.6) is 0 Å². The molecule has 0 spiro atoms. The van der Waals surface area contributed by atoms with Gasteiger partial charge in [-0.05, 0) is 206 Å². The van der Waals surface area contributed by atoms with Crippen LogP contribution in [0.25, 0.3) is 168 Å². The average Bonchev–Trinajstić information content (AvgIpc) is 1.61. The minimum Gasteiger partial charge on any atom is -0.441 e. The van der Waals surface area contributed by atoms with Crippen molar-refractivity contribution >= 4 is 88.5 Å². The van der Waals surface area contributed by atoms with E-state index in [9.17, 15) is 0 Å². The predicted octanol–water partition coefficient (Wildman–Crippen LogP) is 24.7. The number of para-hydroxylation sites is 11. The van der Waals surface area contributed by atoms with Gasteiger partial charge in [0.15, 0.2) is 90.0 Å². The zero-order chi connectivity index (χ0) is 86.4. The Morgan fingerprint density at radius 3 is 0.952 bits per heavy atom. The maximum absolute atomic E-state index is 5.82. The Bertz CT molecular complexity index is 7650. The van der Waals surface area contributed by atoms with Crippen molar-refractivity contribution < 1.29 is 35.9 Å². The van der Waals surface area contributed by atoms with Crippen LogP contribution in [0.4, 0.5) is 0 Å². The number of aryl methyl sites for hydroxylation is 12. The van der Waals surface area contributed by atoms with Gasteiger partial charge in [-0.15, -0.1) is 0 Å². The van der Waals surface area contributed by atoms with E-state index in [4.69, 9.17) is 17.7 Å². The summed E-state index contributed by atoms with van der Waals surface area (Å²) in [6, 6.07) is 96.6. The van der Waals surface area contributed by atoms with Crippen molar-refractivity contribution in [2.45, 2.75) is 121 Å². The lowest BCUT2D eigenvalue weighted by Gasteiger charge is -2.18. The van der Waals surface area contributed by atoms with Gasteiger partial charge in [-0.1, -0.05) is 194 Å². The molecule has 0 bridgehead atoms. The Balaban J connectivity index is 0.000000113. The van der Waals surface area contributed by atoms with Crippen LogP contribution in [-0.2, 0) is 33.6 Å². The molecule has 0 saturated heterocycles. The first-order valence-corrected chi connectivity index (χ1v) is 42.7. The summed E-state index contributed by atoms with van der Waals surface area (Å²) in [5.41, 5.74) is 36.9. The third-order valence-corrected chi connectivity index (χ3v) is 24.2. The van der Waals surface area contributed by atoms with Crippen molar-refractivity contribution in [2.75, 3.05) is 0 Å². The molecule has 0 aliphatic rings. The van der Waals surface area contributed by atoms with E-state index in [-0.39, 0.29) is 5.41 Å². The van der Waals surface area contributed by atoms with Crippen molar-refractivity contribution in [3.05, 3.63) is 335 Å². The number of nitrogens with zero attached hydrogens (tertiary/aromatic N) is 12. The molecule has 21 rings (SSSR count). The third kappa shape index (κ3) is 14.5. The lowest BCUT2D eigenvalue weighted by atomic mass is 9.87. The molecule has 0 amide bonds. The van der Waals surface area contributed by atoms with Gasteiger partial charge in [0.2, 0.25) is 0 Å². The Morgan fingerprint density at radius 1 is 0.290 bits per heavy atom. The molecule has 0 atom stereocenters. The van der Waals surface area contributed by atoms with Crippen LogP contribution < -0.4 is 18.3 Å². The molecule has 0 unspecified atom stereocenters. The lowest BCUT2D eigenvalue weighted by molar-refractivity contribution is -0.634. The van der Waals surface area contributed by atoms with Crippen LogP contribution in [-0.4, -0.2) is 38.2 Å². The van der Waals surface area contributed by atoms with Crippen molar-refractivity contribution in [3.63, 3.8) is 0 Å². The summed E-state index contributed by atoms with van der Waals surface area (Å²) in [4.78, 5) is 18.4.